The van der Waals surface area contributed by atoms with Crippen molar-refractivity contribution in [2.24, 2.45) is 0 Å². The number of rotatable bonds is 4. The molecule has 3 aromatic rings. The van der Waals surface area contributed by atoms with Crippen LogP contribution in [0.4, 0.5) is 0 Å². The summed E-state index contributed by atoms with van der Waals surface area (Å²) in [7, 11) is 0. The van der Waals surface area contributed by atoms with Crippen molar-refractivity contribution in [3.8, 4) is 11.3 Å². The fourth-order valence-corrected chi connectivity index (χ4v) is 2.88. The van der Waals surface area contributed by atoms with Gasteiger partial charge in [-0.2, -0.15) is 0 Å². The number of aliphatic hydroxyl groups excluding tert-OH is 1. The second kappa shape index (κ2) is 6.57. The van der Waals surface area contributed by atoms with Gasteiger partial charge in [0.25, 0.3) is 0 Å². The van der Waals surface area contributed by atoms with E-state index < -0.39 is 6.10 Å². The molecular weight excluding hydrogens is 316 g/mol. The number of H-pyrrole nitrogens is 1. The van der Waals surface area contributed by atoms with Gasteiger partial charge in [0.15, 0.2) is 0 Å². The Hall–Kier alpha value is -1.75. The summed E-state index contributed by atoms with van der Waals surface area (Å²) < 4.78 is 0. The van der Waals surface area contributed by atoms with Crippen LogP contribution in [0.25, 0.3) is 11.3 Å². The van der Waals surface area contributed by atoms with Gasteiger partial charge in [0.1, 0.15) is 11.9 Å². The van der Waals surface area contributed by atoms with E-state index >= 15 is 0 Å². The summed E-state index contributed by atoms with van der Waals surface area (Å²) in [6.07, 6.45) is 2.93. The molecule has 0 saturated carbocycles. The van der Waals surface area contributed by atoms with Gasteiger partial charge in [-0.3, -0.25) is 0 Å². The molecule has 0 bridgehead atoms. The van der Waals surface area contributed by atoms with Crippen molar-refractivity contribution in [3.63, 3.8) is 0 Å². The van der Waals surface area contributed by atoms with Crippen LogP contribution in [0.2, 0.25) is 5.02 Å². The van der Waals surface area contributed by atoms with E-state index in [1.807, 2.05) is 54.8 Å². The van der Waals surface area contributed by atoms with E-state index in [0.29, 0.717) is 10.8 Å². The van der Waals surface area contributed by atoms with Gasteiger partial charge in [-0.15, -0.1) is 11.8 Å². The Morgan fingerprint density at radius 2 is 1.86 bits per heavy atom. The summed E-state index contributed by atoms with van der Waals surface area (Å²) in [5.74, 6) is 0.506. The largest absolute Gasteiger partial charge is 0.380 e. The van der Waals surface area contributed by atoms with Crippen LogP contribution in [-0.4, -0.2) is 21.3 Å². The number of nitrogens with one attached hydrogen (secondary N) is 1. The number of aromatic nitrogens is 2. The maximum Gasteiger partial charge on any atom is 0.140 e. The normalized spacial score (nSPS) is 12.3. The lowest BCUT2D eigenvalue weighted by atomic mass is 10.1. The van der Waals surface area contributed by atoms with Crippen LogP contribution in [0.15, 0.2) is 59.6 Å². The SMILES string of the molecule is CSc1ccc(C(O)c2ncc(-c3ccccc3Cl)[nH]2)cc1. The zero-order valence-corrected chi connectivity index (χ0v) is 13.5. The highest BCUT2D eigenvalue weighted by atomic mass is 35.5. The number of hydrogen-bond acceptors (Lipinski definition) is 3. The van der Waals surface area contributed by atoms with Gasteiger partial charge in [0, 0.05) is 15.5 Å². The smallest absolute Gasteiger partial charge is 0.140 e. The van der Waals surface area contributed by atoms with Crippen molar-refractivity contribution in [1.29, 1.82) is 0 Å². The van der Waals surface area contributed by atoms with Crippen LogP contribution in [-0.2, 0) is 0 Å². The van der Waals surface area contributed by atoms with E-state index in [1.165, 1.54) is 0 Å². The Bertz CT molecular complexity index is 770. The number of thioether (sulfide) groups is 1. The average Bonchev–Trinajstić information content (AvgIpc) is 3.04. The molecule has 0 aliphatic heterocycles. The third-order valence-electron chi connectivity index (χ3n) is 3.45. The van der Waals surface area contributed by atoms with Crippen LogP contribution in [0, 0.1) is 0 Å². The Morgan fingerprint density at radius 3 is 2.55 bits per heavy atom. The third-order valence-corrected chi connectivity index (χ3v) is 4.52. The van der Waals surface area contributed by atoms with Gasteiger partial charge in [0.05, 0.1) is 11.9 Å². The van der Waals surface area contributed by atoms with Crippen LogP contribution >= 0.6 is 23.4 Å². The molecule has 0 amide bonds. The number of imidazole rings is 1. The maximum absolute atomic E-state index is 10.5. The molecule has 0 aliphatic carbocycles. The van der Waals surface area contributed by atoms with Crippen molar-refractivity contribution in [2.45, 2.75) is 11.0 Å². The standard InChI is InChI=1S/C17H15ClN2OS/c1-22-12-8-6-11(7-9-12)16(21)17-19-10-15(20-17)13-4-2-3-5-14(13)18/h2-10,16,21H,1H3,(H,19,20). The van der Waals surface area contributed by atoms with Crippen LogP contribution in [0.1, 0.15) is 17.5 Å². The number of halogens is 1. The van der Waals surface area contributed by atoms with Gasteiger partial charge in [-0.05, 0) is 30.0 Å². The molecule has 22 heavy (non-hydrogen) atoms. The Balaban J connectivity index is 1.88. The lowest BCUT2D eigenvalue weighted by Gasteiger charge is -2.09. The first-order valence-electron chi connectivity index (χ1n) is 6.81. The quantitative estimate of drug-likeness (QED) is 0.691. The topological polar surface area (TPSA) is 48.9 Å². The van der Waals surface area contributed by atoms with Crippen LogP contribution in [0.3, 0.4) is 0 Å². The summed E-state index contributed by atoms with van der Waals surface area (Å²) in [5.41, 5.74) is 2.46. The van der Waals surface area contributed by atoms with E-state index in [0.717, 1.165) is 21.7 Å². The second-order valence-corrected chi connectivity index (χ2v) is 6.12. The maximum atomic E-state index is 10.5. The molecule has 1 heterocycles. The minimum Gasteiger partial charge on any atom is -0.380 e. The molecule has 112 valence electrons. The Morgan fingerprint density at radius 1 is 1.14 bits per heavy atom. The summed E-state index contributed by atoms with van der Waals surface area (Å²) in [6.45, 7) is 0. The molecule has 2 N–H and O–H groups in total. The second-order valence-electron chi connectivity index (χ2n) is 4.84. The fourth-order valence-electron chi connectivity index (χ4n) is 2.24. The lowest BCUT2D eigenvalue weighted by Crippen LogP contribution is -2.01. The summed E-state index contributed by atoms with van der Waals surface area (Å²) >= 11 is 7.85. The minimum atomic E-state index is -0.785. The minimum absolute atomic E-state index is 0.506. The summed E-state index contributed by atoms with van der Waals surface area (Å²) in [4.78, 5) is 8.59. The third kappa shape index (κ3) is 3.04. The fraction of sp³-hybridized carbons (Fsp3) is 0.118. The highest BCUT2D eigenvalue weighted by Crippen LogP contribution is 2.28. The number of aromatic amines is 1. The van der Waals surface area contributed by atoms with Gasteiger partial charge in [0.2, 0.25) is 0 Å². The zero-order valence-electron chi connectivity index (χ0n) is 12.0. The van der Waals surface area contributed by atoms with Crippen molar-refractivity contribution < 1.29 is 5.11 Å². The Kier molecular flexibility index (Phi) is 4.52. The van der Waals surface area contributed by atoms with E-state index in [4.69, 9.17) is 11.6 Å². The predicted octanol–water partition coefficient (Wildman–Crippen LogP) is 4.53. The Labute approximate surface area is 138 Å². The van der Waals surface area contributed by atoms with Crippen molar-refractivity contribution in [2.75, 3.05) is 6.26 Å². The molecular formula is C17H15ClN2OS. The van der Waals surface area contributed by atoms with Crippen molar-refractivity contribution in [1.82, 2.24) is 9.97 Å². The van der Waals surface area contributed by atoms with Gasteiger partial charge in [-0.25, -0.2) is 4.98 Å². The molecule has 0 spiro atoms. The lowest BCUT2D eigenvalue weighted by molar-refractivity contribution is 0.211. The number of benzene rings is 2. The number of hydrogen-bond donors (Lipinski definition) is 2. The van der Waals surface area contributed by atoms with E-state index in [9.17, 15) is 5.11 Å². The molecule has 3 nitrogen and oxygen atoms in total. The van der Waals surface area contributed by atoms with Gasteiger partial charge >= 0.3 is 0 Å². The van der Waals surface area contributed by atoms with Gasteiger partial charge < -0.3 is 10.1 Å². The number of nitrogens with zero attached hydrogens (tertiary/aromatic N) is 1. The molecule has 0 fully saturated rings. The summed E-state index contributed by atoms with van der Waals surface area (Å²) in [5, 5.41) is 11.1. The summed E-state index contributed by atoms with van der Waals surface area (Å²) in [6, 6.07) is 15.3. The monoisotopic (exact) mass is 330 g/mol. The highest BCUT2D eigenvalue weighted by molar-refractivity contribution is 7.98. The molecule has 1 aromatic heterocycles. The molecule has 0 radical (unpaired) electrons. The molecule has 0 aliphatic rings. The molecule has 5 heteroatoms. The molecule has 0 saturated heterocycles. The highest BCUT2D eigenvalue weighted by Gasteiger charge is 2.15. The molecule has 1 unspecified atom stereocenters. The van der Waals surface area contributed by atoms with Crippen LogP contribution < -0.4 is 0 Å². The first kappa shape index (κ1) is 15.2. The number of aliphatic hydroxyl groups is 1. The first-order valence-corrected chi connectivity index (χ1v) is 8.41. The molecule has 1 atom stereocenters. The predicted molar refractivity (Wildman–Crippen MR) is 91.3 cm³/mol. The zero-order chi connectivity index (χ0) is 15.5. The first-order chi connectivity index (χ1) is 10.7. The van der Waals surface area contributed by atoms with Crippen molar-refractivity contribution >= 4 is 23.4 Å². The molecule has 3 rings (SSSR count). The van der Waals surface area contributed by atoms with Crippen molar-refractivity contribution in [3.05, 3.63) is 71.1 Å². The van der Waals surface area contributed by atoms with Crippen LogP contribution in [0.5, 0.6) is 0 Å². The van der Waals surface area contributed by atoms with Gasteiger partial charge in [-0.1, -0.05) is 41.9 Å². The van der Waals surface area contributed by atoms with E-state index in [1.54, 1.807) is 18.0 Å². The van der Waals surface area contributed by atoms with E-state index in [-0.39, 0.29) is 0 Å². The average molecular weight is 331 g/mol. The van der Waals surface area contributed by atoms with E-state index in [2.05, 4.69) is 9.97 Å². The molecule has 2 aromatic carbocycles.